The van der Waals surface area contributed by atoms with Crippen molar-refractivity contribution in [1.82, 2.24) is 0 Å². The van der Waals surface area contributed by atoms with Crippen molar-refractivity contribution in [2.75, 3.05) is 32.7 Å². The summed E-state index contributed by atoms with van der Waals surface area (Å²) in [6, 6.07) is 3.80. The molecule has 0 spiro atoms. The Hall–Kier alpha value is -1.50. The molecule has 0 atom stereocenters. The van der Waals surface area contributed by atoms with Crippen LogP contribution in [0.5, 0.6) is 0 Å². The fourth-order valence-electron chi connectivity index (χ4n) is 5.45. The van der Waals surface area contributed by atoms with Gasteiger partial charge in [-0.05, 0) is 56.7 Å². The van der Waals surface area contributed by atoms with Gasteiger partial charge in [0.2, 0.25) is 0 Å². The normalized spacial score (nSPS) is 11.9. The van der Waals surface area contributed by atoms with Crippen molar-refractivity contribution in [3.63, 3.8) is 0 Å². The van der Waals surface area contributed by atoms with E-state index in [0.29, 0.717) is 0 Å². The van der Waals surface area contributed by atoms with Gasteiger partial charge in [-0.15, -0.1) is 3.97 Å². The summed E-state index contributed by atoms with van der Waals surface area (Å²) in [5.74, 6) is -1.45. The van der Waals surface area contributed by atoms with Crippen LogP contribution < -0.4 is 0 Å². The number of unbranched alkanes of at least 4 members (excludes halogenated alkanes) is 15. The van der Waals surface area contributed by atoms with E-state index >= 15 is 0 Å². The van der Waals surface area contributed by atoms with E-state index in [-0.39, 0.29) is 16.0 Å². The van der Waals surface area contributed by atoms with Crippen LogP contribution in [-0.2, 0) is 23.6 Å². The second-order valence-electron chi connectivity index (χ2n) is 11.8. The van der Waals surface area contributed by atoms with E-state index in [1.54, 1.807) is 0 Å². The minimum Gasteiger partial charge on any atom is -0.465 e. The minimum atomic E-state index is -4.27. The lowest BCUT2D eigenvalue weighted by Gasteiger charge is -2.26. The van der Waals surface area contributed by atoms with Crippen molar-refractivity contribution < 1.29 is 31.5 Å². The molecule has 43 heavy (non-hydrogen) atoms. The number of ether oxygens (including phenoxy) is 2. The van der Waals surface area contributed by atoms with Crippen molar-refractivity contribution >= 4 is 29.5 Å². The molecule has 0 aliphatic rings. The van der Waals surface area contributed by atoms with Crippen LogP contribution in [0.2, 0.25) is 0 Å². The predicted octanol–water partition coefficient (Wildman–Crippen LogP) is 9.98. The van der Waals surface area contributed by atoms with Gasteiger partial charge in [0.05, 0.1) is 48.7 Å². The molecule has 0 unspecified atom stereocenters. The summed E-state index contributed by atoms with van der Waals surface area (Å²) in [6.07, 6.45) is 22.7. The Bertz CT molecular complexity index is 951. The van der Waals surface area contributed by atoms with E-state index in [0.717, 1.165) is 76.3 Å². The third kappa shape index (κ3) is 15.9. The number of rotatable bonds is 26. The number of carbonyl (C=O) groups is 2. The average molecular weight is 644 g/mol. The van der Waals surface area contributed by atoms with E-state index < -0.39 is 29.5 Å². The van der Waals surface area contributed by atoms with Crippen LogP contribution in [0.15, 0.2) is 23.1 Å². The second-order valence-corrected chi connectivity index (χ2v) is 17.2. The molecule has 0 saturated carbocycles. The van der Waals surface area contributed by atoms with Crippen LogP contribution in [-0.4, -0.2) is 53.1 Å². The quantitative estimate of drug-likeness (QED) is 0.0563. The average Bonchev–Trinajstić information content (AvgIpc) is 3.01. The molecule has 0 aliphatic carbocycles. The van der Waals surface area contributed by atoms with Crippen LogP contribution in [0.3, 0.4) is 0 Å². The Morgan fingerprint density at radius 2 is 0.884 bits per heavy atom. The molecule has 0 bridgehead atoms. The third-order valence-electron chi connectivity index (χ3n) is 8.05. The maximum Gasteiger partial charge on any atom is 0.337 e. The van der Waals surface area contributed by atoms with Crippen molar-refractivity contribution in [3.05, 3.63) is 29.3 Å². The molecule has 0 aromatic heterocycles. The first-order chi connectivity index (χ1) is 20.7. The highest BCUT2D eigenvalue weighted by Gasteiger charge is 2.44. The molecule has 0 aliphatic heterocycles. The van der Waals surface area contributed by atoms with Crippen molar-refractivity contribution in [3.8, 4) is 0 Å². The Kier molecular flexibility index (Phi) is 21.1. The van der Waals surface area contributed by atoms with Crippen LogP contribution in [0.1, 0.15) is 157 Å². The predicted molar refractivity (Wildman–Crippen MR) is 179 cm³/mol. The van der Waals surface area contributed by atoms with Gasteiger partial charge >= 0.3 is 22.1 Å². The van der Waals surface area contributed by atoms with Crippen LogP contribution in [0.4, 0.5) is 0 Å². The van der Waals surface area contributed by atoms with Gasteiger partial charge in [0, 0.05) is 0 Å². The Morgan fingerprint density at radius 1 is 0.558 bits per heavy atom. The van der Waals surface area contributed by atoms with Crippen molar-refractivity contribution in [2.24, 2.45) is 0 Å². The first kappa shape index (κ1) is 39.5. The summed E-state index contributed by atoms with van der Waals surface area (Å²) in [6.45, 7) is 6.62. The zero-order chi connectivity index (χ0) is 32.0. The lowest BCUT2D eigenvalue weighted by molar-refractivity contribution is 0.0598. The lowest BCUT2D eigenvalue weighted by Crippen LogP contribution is -2.18. The lowest BCUT2D eigenvalue weighted by atomic mass is 10.1. The molecule has 0 amide bonds. The zero-order valence-electron chi connectivity index (χ0n) is 27.8. The first-order valence-corrected chi connectivity index (χ1v) is 20.5. The molecule has 1 aromatic carbocycles. The van der Waals surface area contributed by atoms with E-state index in [4.69, 9.17) is 13.4 Å². The van der Waals surface area contributed by atoms with Gasteiger partial charge in [0.25, 0.3) is 0 Å². The molecular formula is C34H60O7PS+. The molecule has 248 valence electrons. The van der Waals surface area contributed by atoms with Gasteiger partial charge in [0.15, 0.2) is 7.49 Å². The minimum absolute atomic E-state index is 0.0284. The van der Waals surface area contributed by atoms with Gasteiger partial charge in [-0.1, -0.05) is 97.8 Å². The molecule has 9 heteroatoms. The van der Waals surface area contributed by atoms with Gasteiger partial charge in [-0.25, -0.2) is 9.59 Å². The van der Waals surface area contributed by atoms with E-state index in [9.17, 15) is 18.0 Å². The summed E-state index contributed by atoms with van der Waals surface area (Å²) < 4.78 is 44.1. The Balaban J connectivity index is 3.36. The molecule has 0 heterocycles. The highest BCUT2D eigenvalue weighted by atomic mass is 32.2. The largest absolute Gasteiger partial charge is 0.465 e. The summed E-state index contributed by atoms with van der Waals surface area (Å²) >= 11 is 0. The standard InChI is InChI=1S/C34H60O7PS/c1-6-9-12-15-18-21-24-42(25-22-19-16-13-10-7-2,26-23-20-17-14-11-8-3)41-43(37,38)32-28-30(33(35)39-4)27-31(29-32)34(36)40-5/h27-29H,6-26H2,1-5H3/q+1. The van der Waals surface area contributed by atoms with E-state index in [1.165, 1.54) is 90.2 Å². The van der Waals surface area contributed by atoms with Gasteiger partial charge < -0.3 is 9.47 Å². The van der Waals surface area contributed by atoms with E-state index in [2.05, 4.69) is 20.8 Å². The van der Waals surface area contributed by atoms with Crippen LogP contribution in [0.25, 0.3) is 0 Å². The number of methoxy groups -OCH3 is 2. The fourth-order valence-corrected chi connectivity index (χ4v) is 12.0. The molecule has 7 nitrogen and oxygen atoms in total. The summed E-state index contributed by atoms with van der Waals surface area (Å²) in [5, 5.41) is 0. The summed E-state index contributed by atoms with van der Waals surface area (Å²) in [5.41, 5.74) is -0.0569. The summed E-state index contributed by atoms with van der Waals surface area (Å²) in [4.78, 5) is 24.6. The Labute approximate surface area is 263 Å². The molecule has 0 saturated heterocycles. The Morgan fingerprint density at radius 3 is 1.21 bits per heavy atom. The molecule has 1 aromatic rings. The smallest absolute Gasteiger partial charge is 0.337 e. The van der Waals surface area contributed by atoms with Crippen molar-refractivity contribution in [1.29, 1.82) is 0 Å². The maximum atomic E-state index is 14.0. The van der Waals surface area contributed by atoms with Gasteiger partial charge in [0.1, 0.15) is 0 Å². The number of esters is 2. The van der Waals surface area contributed by atoms with Crippen LogP contribution >= 0.6 is 7.49 Å². The van der Waals surface area contributed by atoms with Crippen LogP contribution in [0, 0.1) is 0 Å². The number of hydrogen-bond acceptors (Lipinski definition) is 7. The number of carbonyl (C=O) groups excluding carboxylic acids is 2. The fraction of sp³-hybridized carbons (Fsp3) is 0.765. The molecule has 0 N–H and O–H groups in total. The highest BCUT2D eigenvalue weighted by molar-refractivity contribution is 7.94. The highest BCUT2D eigenvalue weighted by Crippen LogP contribution is 2.63. The van der Waals surface area contributed by atoms with E-state index in [1.807, 2.05) is 0 Å². The van der Waals surface area contributed by atoms with Gasteiger partial charge in [-0.2, -0.15) is 8.42 Å². The first-order valence-electron chi connectivity index (χ1n) is 16.8. The number of hydrogen-bond donors (Lipinski definition) is 0. The molecule has 0 radical (unpaired) electrons. The third-order valence-corrected chi connectivity index (χ3v) is 14.3. The SMILES string of the molecule is CCCCCCCC[P+](CCCCCCCC)(CCCCCCCC)OS(=O)(=O)c1cc(C(=O)OC)cc(C(=O)OC)c1. The number of benzene rings is 1. The second kappa shape index (κ2) is 22.9. The summed E-state index contributed by atoms with van der Waals surface area (Å²) in [7, 11) is -4.19. The van der Waals surface area contributed by atoms with Gasteiger partial charge in [-0.3, -0.25) is 0 Å². The topological polar surface area (TPSA) is 96.0 Å². The van der Waals surface area contributed by atoms with Crippen molar-refractivity contribution in [2.45, 2.75) is 141 Å². The molecule has 1 rings (SSSR count). The zero-order valence-corrected chi connectivity index (χ0v) is 29.5. The molecular weight excluding hydrogens is 583 g/mol. The monoisotopic (exact) mass is 643 g/mol. The maximum absolute atomic E-state index is 14.0. The molecule has 0 fully saturated rings.